The van der Waals surface area contributed by atoms with Gasteiger partial charge in [-0.1, -0.05) is 29.8 Å². The molecule has 0 aliphatic carbocycles. The molecule has 0 atom stereocenters. The topological polar surface area (TPSA) is 96.4 Å². The first-order valence-electron chi connectivity index (χ1n) is 10.6. The number of hydrogen-bond acceptors (Lipinski definition) is 7. The van der Waals surface area contributed by atoms with Crippen LogP contribution < -0.4 is 15.0 Å². The Bertz CT molecular complexity index is 1580. The van der Waals surface area contributed by atoms with Gasteiger partial charge in [-0.15, -0.1) is 10.2 Å². The van der Waals surface area contributed by atoms with E-state index < -0.39 is 0 Å². The first-order chi connectivity index (χ1) is 16.5. The summed E-state index contributed by atoms with van der Waals surface area (Å²) in [5.74, 6) is 1.30. The maximum Gasteiger partial charge on any atom is 0.283 e. The Morgan fingerprint density at radius 3 is 2.47 bits per heavy atom. The molecule has 10 heteroatoms. The fourth-order valence-corrected chi connectivity index (χ4v) is 4.09. The summed E-state index contributed by atoms with van der Waals surface area (Å²) in [4.78, 5) is 17.6. The Labute approximate surface area is 199 Å². The van der Waals surface area contributed by atoms with Crippen LogP contribution >= 0.6 is 11.6 Å². The van der Waals surface area contributed by atoms with E-state index in [1.165, 1.54) is 10.9 Å². The van der Waals surface area contributed by atoms with E-state index in [2.05, 4.69) is 20.3 Å². The predicted octanol–water partition coefficient (Wildman–Crippen LogP) is 3.72. The molecular weight excluding hydrogens is 456 g/mol. The van der Waals surface area contributed by atoms with Gasteiger partial charge in [0.25, 0.3) is 5.56 Å². The average molecular weight is 477 g/mol. The first kappa shape index (κ1) is 21.8. The van der Waals surface area contributed by atoms with Crippen LogP contribution in [0.3, 0.4) is 0 Å². The first-order valence-corrected chi connectivity index (χ1v) is 11.0. The van der Waals surface area contributed by atoms with Crippen molar-refractivity contribution in [1.82, 2.24) is 29.4 Å². The molecule has 0 aliphatic rings. The highest BCUT2D eigenvalue weighted by molar-refractivity contribution is 6.30. The second-order valence-corrected chi connectivity index (χ2v) is 8.19. The average Bonchev–Trinajstić information content (AvgIpc) is 3.20. The zero-order valence-corrected chi connectivity index (χ0v) is 19.6. The van der Waals surface area contributed by atoms with Crippen molar-refractivity contribution in [2.75, 3.05) is 14.2 Å². The van der Waals surface area contributed by atoms with Crippen LogP contribution in [0.4, 0.5) is 0 Å². The highest BCUT2D eigenvalue weighted by Crippen LogP contribution is 2.29. The summed E-state index contributed by atoms with van der Waals surface area (Å²) in [6.07, 6.45) is 2.12. The third kappa shape index (κ3) is 3.73. The molecule has 3 aromatic heterocycles. The van der Waals surface area contributed by atoms with Gasteiger partial charge in [0.05, 0.1) is 25.5 Å². The summed E-state index contributed by atoms with van der Waals surface area (Å²) >= 11 is 6.03. The second kappa shape index (κ2) is 8.75. The Kier molecular flexibility index (Phi) is 5.62. The van der Waals surface area contributed by atoms with Crippen molar-refractivity contribution in [3.8, 4) is 22.6 Å². The van der Waals surface area contributed by atoms with Crippen molar-refractivity contribution in [3.05, 3.63) is 75.4 Å². The minimum Gasteiger partial charge on any atom is -0.493 e. The fraction of sp³-hybridized carbons (Fsp3) is 0.208. The van der Waals surface area contributed by atoms with Gasteiger partial charge in [0, 0.05) is 11.6 Å². The molecular formula is C24H21ClN6O3. The lowest BCUT2D eigenvalue weighted by Gasteiger charge is -2.10. The van der Waals surface area contributed by atoms with Gasteiger partial charge < -0.3 is 9.47 Å². The van der Waals surface area contributed by atoms with Gasteiger partial charge in [-0.05, 0) is 48.7 Å². The molecule has 0 amide bonds. The van der Waals surface area contributed by atoms with E-state index in [1.54, 1.807) is 18.7 Å². The van der Waals surface area contributed by atoms with Gasteiger partial charge in [0.2, 0.25) is 0 Å². The number of rotatable bonds is 6. The molecule has 5 aromatic rings. The molecule has 0 aliphatic heterocycles. The van der Waals surface area contributed by atoms with Crippen LogP contribution in [0.1, 0.15) is 11.3 Å². The van der Waals surface area contributed by atoms with Crippen molar-refractivity contribution < 1.29 is 9.47 Å². The number of benzene rings is 2. The van der Waals surface area contributed by atoms with Crippen molar-refractivity contribution in [2.24, 2.45) is 0 Å². The summed E-state index contributed by atoms with van der Waals surface area (Å²) in [5.41, 5.74) is 4.26. The molecule has 0 saturated carbocycles. The number of hydrogen-bond donors (Lipinski definition) is 0. The molecule has 0 radical (unpaired) electrons. The lowest BCUT2D eigenvalue weighted by molar-refractivity contribution is 0.354. The molecule has 0 unspecified atom stereocenters. The molecule has 172 valence electrons. The Balaban J connectivity index is 1.51. The molecule has 5 rings (SSSR count). The van der Waals surface area contributed by atoms with Crippen LogP contribution in [0, 0.1) is 6.92 Å². The van der Waals surface area contributed by atoms with Gasteiger partial charge >= 0.3 is 0 Å². The molecule has 9 nitrogen and oxygen atoms in total. The molecule has 34 heavy (non-hydrogen) atoms. The van der Waals surface area contributed by atoms with Crippen LogP contribution in [-0.4, -0.2) is 43.6 Å². The van der Waals surface area contributed by atoms with E-state index in [9.17, 15) is 4.79 Å². The van der Waals surface area contributed by atoms with Crippen molar-refractivity contribution in [2.45, 2.75) is 19.9 Å². The van der Waals surface area contributed by atoms with E-state index in [0.717, 1.165) is 22.4 Å². The lowest BCUT2D eigenvalue weighted by atomic mass is 10.1. The number of methoxy groups -OCH3 is 2. The molecule has 0 fully saturated rings. The molecule has 0 spiro atoms. The standard InChI is InChI=1S/C24H21ClN6O3/c1-14-20(16-5-7-17(25)8-6-16)22-28-27-21-23(31(22)29-14)26-13-30(24(21)32)11-10-15-4-9-18(33-2)19(12-15)34-3/h4-9,12-13H,10-11H2,1-3H3. The number of aryl methyl sites for hydroxylation is 3. The molecule has 0 bridgehead atoms. The minimum absolute atomic E-state index is 0.160. The van der Waals surface area contributed by atoms with E-state index >= 15 is 0 Å². The van der Waals surface area contributed by atoms with Gasteiger partial charge in [-0.3, -0.25) is 9.36 Å². The number of halogens is 1. The van der Waals surface area contributed by atoms with Gasteiger partial charge in [-0.2, -0.15) is 9.61 Å². The fourth-order valence-electron chi connectivity index (χ4n) is 3.96. The van der Waals surface area contributed by atoms with Crippen molar-refractivity contribution in [3.63, 3.8) is 0 Å². The summed E-state index contributed by atoms with van der Waals surface area (Å²) in [7, 11) is 3.18. The van der Waals surface area contributed by atoms with Crippen LogP contribution in [0.5, 0.6) is 11.5 Å². The normalized spacial score (nSPS) is 11.3. The quantitative estimate of drug-likeness (QED) is 0.368. The second-order valence-electron chi connectivity index (χ2n) is 7.76. The Morgan fingerprint density at radius 2 is 1.74 bits per heavy atom. The largest absolute Gasteiger partial charge is 0.493 e. The smallest absolute Gasteiger partial charge is 0.283 e. The zero-order chi connectivity index (χ0) is 23.8. The van der Waals surface area contributed by atoms with Crippen LogP contribution in [0.2, 0.25) is 5.02 Å². The monoisotopic (exact) mass is 476 g/mol. The van der Waals surface area contributed by atoms with E-state index in [0.29, 0.717) is 40.8 Å². The van der Waals surface area contributed by atoms with Crippen molar-refractivity contribution in [1.29, 1.82) is 0 Å². The summed E-state index contributed by atoms with van der Waals surface area (Å²) in [5, 5.41) is 13.8. The van der Waals surface area contributed by atoms with Crippen LogP contribution in [-0.2, 0) is 13.0 Å². The van der Waals surface area contributed by atoms with Gasteiger partial charge in [-0.25, -0.2) is 4.98 Å². The van der Waals surface area contributed by atoms with Crippen LogP contribution in [0.15, 0.2) is 53.6 Å². The number of ether oxygens (including phenoxy) is 2. The third-order valence-electron chi connectivity index (χ3n) is 5.70. The maximum atomic E-state index is 13.1. The van der Waals surface area contributed by atoms with Crippen LogP contribution in [0.25, 0.3) is 27.9 Å². The van der Waals surface area contributed by atoms with E-state index in [1.807, 2.05) is 49.4 Å². The molecule has 3 heterocycles. The highest BCUT2D eigenvalue weighted by atomic mass is 35.5. The SMILES string of the molecule is COc1ccc(CCn2cnc3c(nnc4c(-c5ccc(Cl)cc5)c(C)nn43)c2=O)cc1OC. The summed E-state index contributed by atoms with van der Waals surface area (Å²) < 4.78 is 13.7. The van der Waals surface area contributed by atoms with Gasteiger partial charge in [0.15, 0.2) is 28.3 Å². The maximum absolute atomic E-state index is 13.1. The van der Waals surface area contributed by atoms with E-state index in [4.69, 9.17) is 21.1 Å². The van der Waals surface area contributed by atoms with Crippen molar-refractivity contribution >= 4 is 28.4 Å². The molecule has 2 aromatic carbocycles. The van der Waals surface area contributed by atoms with E-state index in [-0.39, 0.29) is 11.1 Å². The minimum atomic E-state index is -0.277. The Morgan fingerprint density at radius 1 is 0.971 bits per heavy atom. The Hall–Kier alpha value is -3.98. The third-order valence-corrected chi connectivity index (χ3v) is 5.95. The summed E-state index contributed by atoms with van der Waals surface area (Å²) in [6, 6.07) is 13.1. The molecule has 0 N–H and O–H groups in total. The number of aromatic nitrogens is 6. The summed E-state index contributed by atoms with van der Waals surface area (Å²) in [6.45, 7) is 2.31. The zero-order valence-electron chi connectivity index (χ0n) is 18.8. The predicted molar refractivity (Wildman–Crippen MR) is 129 cm³/mol. The van der Waals surface area contributed by atoms with Gasteiger partial charge in [0.1, 0.15) is 6.33 Å². The number of fused-ring (bicyclic) bond motifs is 3. The lowest BCUT2D eigenvalue weighted by Crippen LogP contribution is -2.24. The number of nitrogens with zero attached hydrogens (tertiary/aromatic N) is 6. The highest BCUT2D eigenvalue weighted by Gasteiger charge is 2.18. The molecule has 0 saturated heterocycles.